The molecule has 0 radical (unpaired) electrons. The monoisotopic (exact) mass is 189 g/mol. The summed E-state index contributed by atoms with van der Waals surface area (Å²) in [4.78, 5) is 0. The van der Waals surface area contributed by atoms with Crippen molar-refractivity contribution in [3.8, 4) is 0 Å². The minimum absolute atomic E-state index is 0.408. The Kier molecular flexibility index (Phi) is 4.41. The zero-order valence-corrected chi connectivity index (χ0v) is 9.03. The fourth-order valence-electron chi connectivity index (χ4n) is 1.58. The average molecular weight is 189 g/mol. The Morgan fingerprint density at radius 3 is 2.50 bits per heavy atom. The smallest absolute Gasteiger partial charge is 0.0294 e. The molecule has 2 atom stereocenters. The van der Waals surface area contributed by atoms with Gasteiger partial charge < -0.3 is 5.32 Å². The molecule has 0 fully saturated rings. The van der Waals surface area contributed by atoms with Crippen molar-refractivity contribution in [1.82, 2.24) is 5.32 Å². The molecule has 0 aliphatic heterocycles. The highest BCUT2D eigenvalue weighted by Gasteiger charge is 2.06. The molecule has 1 aromatic carbocycles. The summed E-state index contributed by atoms with van der Waals surface area (Å²) in [6.07, 6.45) is 2.96. The van der Waals surface area contributed by atoms with Crippen molar-refractivity contribution in [2.24, 2.45) is 0 Å². The van der Waals surface area contributed by atoms with Gasteiger partial charge in [-0.25, -0.2) is 0 Å². The van der Waals surface area contributed by atoms with Crippen LogP contribution in [0.3, 0.4) is 0 Å². The molecular weight excluding hydrogens is 170 g/mol. The van der Waals surface area contributed by atoms with E-state index in [4.69, 9.17) is 0 Å². The van der Waals surface area contributed by atoms with E-state index in [2.05, 4.69) is 50.0 Å². The van der Waals surface area contributed by atoms with Crippen molar-refractivity contribution in [3.05, 3.63) is 48.6 Å². The Labute approximate surface area is 86.8 Å². The Bertz CT molecular complexity index is 266. The highest BCUT2D eigenvalue weighted by molar-refractivity contribution is 5.18. The molecule has 1 heteroatoms. The predicted molar refractivity (Wildman–Crippen MR) is 62.3 cm³/mol. The molecule has 14 heavy (non-hydrogen) atoms. The van der Waals surface area contributed by atoms with Gasteiger partial charge in [0.25, 0.3) is 0 Å². The van der Waals surface area contributed by atoms with Gasteiger partial charge in [0.15, 0.2) is 0 Å². The lowest BCUT2D eigenvalue weighted by molar-refractivity contribution is 0.482. The van der Waals surface area contributed by atoms with E-state index >= 15 is 0 Å². The number of rotatable bonds is 5. The second kappa shape index (κ2) is 5.61. The molecule has 0 aliphatic carbocycles. The van der Waals surface area contributed by atoms with Gasteiger partial charge in [0.2, 0.25) is 0 Å². The fourth-order valence-corrected chi connectivity index (χ4v) is 1.58. The zero-order valence-electron chi connectivity index (χ0n) is 9.03. The van der Waals surface area contributed by atoms with Crippen LogP contribution in [0, 0.1) is 0 Å². The van der Waals surface area contributed by atoms with Crippen LogP contribution in [-0.4, -0.2) is 6.04 Å². The summed E-state index contributed by atoms with van der Waals surface area (Å²) in [6.45, 7) is 8.11. The van der Waals surface area contributed by atoms with Crippen LogP contribution in [0.2, 0.25) is 0 Å². The molecule has 2 unspecified atom stereocenters. The lowest BCUT2D eigenvalue weighted by Gasteiger charge is -2.19. The lowest BCUT2D eigenvalue weighted by atomic mass is 10.1. The van der Waals surface area contributed by atoms with Gasteiger partial charge in [0.1, 0.15) is 0 Å². The highest BCUT2D eigenvalue weighted by Crippen LogP contribution is 2.12. The van der Waals surface area contributed by atoms with Crippen LogP contribution in [0.25, 0.3) is 0 Å². The van der Waals surface area contributed by atoms with Crippen LogP contribution in [0.1, 0.15) is 31.9 Å². The van der Waals surface area contributed by atoms with Crippen LogP contribution >= 0.6 is 0 Å². The number of nitrogens with one attached hydrogen (secondary N) is 1. The molecule has 1 rings (SSSR count). The van der Waals surface area contributed by atoms with E-state index in [9.17, 15) is 0 Å². The SMILES string of the molecule is C=CCC(C)NC(C)c1ccccc1. The molecule has 0 saturated heterocycles. The molecule has 0 saturated carbocycles. The minimum atomic E-state index is 0.408. The van der Waals surface area contributed by atoms with Crippen molar-refractivity contribution in [2.75, 3.05) is 0 Å². The molecule has 0 aliphatic rings. The summed E-state index contributed by atoms with van der Waals surface area (Å²) in [5.41, 5.74) is 1.34. The Balaban J connectivity index is 2.50. The van der Waals surface area contributed by atoms with E-state index < -0.39 is 0 Å². The third-order valence-electron chi connectivity index (χ3n) is 2.35. The molecule has 1 aromatic rings. The zero-order chi connectivity index (χ0) is 10.4. The predicted octanol–water partition coefficient (Wildman–Crippen LogP) is 3.30. The third kappa shape index (κ3) is 3.35. The van der Waals surface area contributed by atoms with E-state index in [-0.39, 0.29) is 0 Å². The first kappa shape index (κ1) is 11.0. The van der Waals surface area contributed by atoms with Crippen LogP contribution in [-0.2, 0) is 0 Å². The Hall–Kier alpha value is -1.08. The van der Waals surface area contributed by atoms with Gasteiger partial charge in [0, 0.05) is 12.1 Å². The highest BCUT2D eigenvalue weighted by atomic mass is 14.9. The summed E-state index contributed by atoms with van der Waals surface area (Å²) in [5, 5.41) is 3.53. The maximum Gasteiger partial charge on any atom is 0.0294 e. The van der Waals surface area contributed by atoms with Crippen molar-refractivity contribution in [2.45, 2.75) is 32.4 Å². The summed E-state index contributed by atoms with van der Waals surface area (Å²) in [5.74, 6) is 0. The second-order valence-electron chi connectivity index (χ2n) is 3.72. The summed E-state index contributed by atoms with van der Waals surface area (Å²) in [7, 11) is 0. The lowest BCUT2D eigenvalue weighted by Crippen LogP contribution is -2.28. The van der Waals surface area contributed by atoms with E-state index in [1.54, 1.807) is 0 Å². The molecule has 0 spiro atoms. The van der Waals surface area contributed by atoms with Crippen LogP contribution in [0.4, 0.5) is 0 Å². The first-order valence-electron chi connectivity index (χ1n) is 5.16. The second-order valence-corrected chi connectivity index (χ2v) is 3.72. The number of hydrogen-bond acceptors (Lipinski definition) is 1. The van der Waals surface area contributed by atoms with Crippen molar-refractivity contribution in [1.29, 1.82) is 0 Å². The van der Waals surface area contributed by atoms with Crippen molar-refractivity contribution < 1.29 is 0 Å². The van der Waals surface area contributed by atoms with Gasteiger partial charge in [-0.1, -0.05) is 36.4 Å². The maximum atomic E-state index is 3.74. The summed E-state index contributed by atoms with van der Waals surface area (Å²) in [6, 6.07) is 11.4. The van der Waals surface area contributed by atoms with Gasteiger partial charge >= 0.3 is 0 Å². The molecule has 1 N–H and O–H groups in total. The first-order chi connectivity index (χ1) is 6.74. The van der Waals surface area contributed by atoms with E-state index in [0.29, 0.717) is 12.1 Å². The average Bonchev–Trinajstić information content (AvgIpc) is 2.19. The molecule has 1 nitrogen and oxygen atoms in total. The van der Waals surface area contributed by atoms with Gasteiger partial charge in [0.05, 0.1) is 0 Å². The third-order valence-corrected chi connectivity index (χ3v) is 2.35. The molecular formula is C13H19N. The molecule has 0 amide bonds. The van der Waals surface area contributed by atoms with Gasteiger partial charge in [-0.3, -0.25) is 0 Å². The molecule has 0 aromatic heterocycles. The van der Waals surface area contributed by atoms with Gasteiger partial charge in [-0.15, -0.1) is 6.58 Å². The van der Waals surface area contributed by atoms with Gasteiger partial charge in [-0.05, 0) is 25.8 Å². The first-order valence-corrected chi connectivity index (χ1v) is 5.16. The van der Waals surface area contributed by atoms with E-state index in [0.717, 1.165) is 6.42 Å². The normalized spacial score (nSPS) is 14.7. The fraction of sp³-hybridized carbons (Fsp3) is 0.385. The quantitative estimate of drug-likeness (QED) is 0.701. The Morgan fingerprint density at radius 1 is 1.29 bits per heavy atom. The van der Waals surface area contributed by atoms with Crippen molar-refractivity contribution >= 4 is 0 Å². The maximum absolute atomic E-state index is 3.74. The largest absolute Gasteiger partial charge is 0.307 e. The minimum Gasteiger partial charge on any atom is -0.307 e. The topological polar surface area (TPSA) is 12.0 Å². The van der Waals surface area contributed by atoms with Crippen LogP contribution < -0.4 is 5.32 Å². The molecule has 0 heterocycles. The standard InChI is InChI=1S/C13H19N/c1-4-8-11(2)14-12(3)13-9-6-5-7-10-13/h4-7,9-12,14H,1,8H2,2-3H3. The summed E-state index contributed by atoms with van der Waals surface area (Å²) < 4.78 is 0. The van der Waals surface area contributed by atoms with Crippen LogP contribution in [0.15, 0.2) is 43.0 Å². The van der Waals surface area contributed by atoms with E-state index in [1.165, 1.54) is 5.56 Å². The van der Waals surface area contributed by atoms with Crippen LogP contribution in [0.5, 0.6) is 0 Å². The van der Waals surface area contributed by atoms with Gasteiger partial charge in [-0.2, -0.15) is 0 Å². The van der Waals surface area contributed by atoms with Crippen molar-refractivity contribution in [3.63, 3.8) is 0 Å². The molecule has 76 valence electrons. The number of hydrogen-bond donors (Lipinski definition) is 1. The van der Waals surface area contributed by atoms with E-state index in [1.807, 2.05) is 12.1 Å². The molecule has 0 bridgehead atoms. The number of benzene rings is 1. The Morgan fingerprint density at radius 2 is 1.93 bits per heavy atom. The summed E-state index contributed by atoms with van der Waals surface area (Å²) >= 11 is 0.